The van der Waals surface area contributed by atoms with Crippen LogP contribution in [-0.4, -0.2) is 25.9 Å². The van der Waals surface area contributed by atoms with Gasteiger partial charge in [0.25, 0.3) is 0 Å². The molecule has 100 valence electrons. The highest BCUT2D eigenvalue weighted by Crippen LogP contribution is 2.18. The van der Waals surface area contributed by atoms with E-state index in [1.807, 2.05) is 0 Å². The monoisotopic (exact) mass is 291 g/mol. The van der Waals surface area contributed by atoms with Crippen molar-refractivity contribution < 1.29 is 13.2 Å². The topological polar surface area (TPSA) is 102 Å². The molecule has 8 heteroatoms. The fourth-order valence-electron chi connectivity index (χ4n) is 1.27. The molecule has 0 bridgehead atoms. The van der Waals surface area contributed by atoms with Crippen LogP contribution in [0, 0.1) is 0 Å². The Balaban J connectivity index is 2.51. The Bertz CT molecular complexity index is 519. The second kappa shape index (κ2) is 6.67. The molecule has 1 rings (SSSR count). The first-order chi connectivity index (χ1) is 8.43. The predicted molar refractivity (Wildman–Crippen MR) is 67.5 cm³/mol. The zero-order valence-corrected chi connectivity index (χ0v) is 11.2. The average molecular weight is 292 g/mol. The summed E-state index contributed by atoms with van der Waals surface area (Å²) >= 11 is 5.77. The minimum Gasteiger partial charge on any atom is -0.370 e. The van der Waals surface area contributed by atoms with E-state index in [0.29, 0.717) is 12.8 Å². The highest BCUT2D eigenvalue weighted by Gasteiger charge is 2.16. The highest BCUT2D eigenvalue weighted by atomic mass is 35.5. The number of aromatic nitrogens is 1. The number of rotatable bonds is 7. The van der Waals surface area contributed by atoms with E-state index in [2.05, 4.69) is 9.71 Å². The third-order valence-electron chi connectivity index (χ3n) is 2.17. The van der Waals surface area contributed by atoms with Gasteiger partial charge in [0, 0.05) is 25.4 Å². The Morgan fingerprint density at radius 1 is 1.44 bits per heavy atom. The first-order valence-electron chi connectivity index (χ1n) is 5.31. The van der Waals surface area contributed by atoms with Crippen LogP contribution in [0.2, 0.25) is 5.02 Å². The van der Waals surface area contributed by atoms with Gasteiger partial charge in [-0.2, -0.15) is 0 Å². The minimum absolute atomic E-state index is 0.0541. The fourth-order valence-corrected chi connectivity index (χ4v) is 2.77. The van der Waals surface area contributed by atoms with Gasteiger partial charge in [-0.15, -0.1) is 0 Å². The average Bonchev–Trinajstić information content (AvgIpc) is 2.28. The molecule has 0 radical (unpaired) electrons. The van der Waals surface area contributed by atoms with E-state index in [0.717, 1.165) is 0 Å². The van der Waals surface area contributed by atoms with Gasteiger partial charge in [0.2, 0.25) is 15.9 Å². The summed E-state index contributed by atoms with van der Waals surface area (Å²) in [6.07, 6.45) is 3.91. The first-order valence-corrected chi connectivity index (χ1v) is 7.17. The number of nitrogens with two attached hydrogens (primary N) is 1. The van der Waals surface area contributed by atoms with Crippen molar-refractivity contribution in [3.63, 3.8) is 0 Å². The number of amides is 1. The number of hydrogen-bond acceptors (Lipinski definition) is 4. The largest absolute Gasteiger partial charge is 0.370 e. The Kier molecular flexibility index (Phi) is 5.52. The van der Waals surface area contributed by atoms with Gasteiger partial charge in [-0.05, 0) is 18.9 Å². The Hall–Kier alpha value is -1.18. The van der Waals surface area contributed by atoms with E-state index in [4.69, 9.17) is 17.3 Å². The Morgan fingerprint density at radius 3 is 2.78 bits per heavy atom. The van der Waals surface area contributed by atoms with E-state index >= 15 is 0 Å². The number of nitrogens with one attached hydrogen (secondary N) is 1. The van der Waals surface area contributed by atoms with Gasteiger partial charge in [-0.3, -0.25) is 9.78 Å². The van der Waals surface area contributed by atoms with Gasteiger partial charge in [-0.1, -0.05) is 11.6 Å². The normalized spacial score (nSPS) is 11.4. The van der Waals surface area contributed by atoms with Crippen molar-refractivity contribution in [2.75, 3.05) is 6.54 Å². The summed E-state index contributed by atoms with van der Waals surface area (Å²) in [5, 5.41) is 0.120. The van der Waals surface area contributed by atoms with E-state index < -0.39 is 15.9 Å². The molecule has 0 aliphatic rings. The zero-order valence-electron chi connectivity index (χ0n) is 9.60. The van der Waals surface area contributed by atoms with Crippen LogP contribution >= 0.6 is 11.6 Å². The van der Waals surface area contributed by atoms with Crippen LogP contribution < -0.4 is 10.5 Å². The second-order valence-corrected chi connectivity index (χ2v) is 5.77. The molecule has 1 heterocycles. The molecule has 0 atom stereocenters. The van der Waals surface area contributed by atoms with Crippen LogP contribution in [0.15, 0.2) is 23.4 Å². The van der Waals surface area contributed by atoms with Crippen molar-refractivity contribution in [1.82, 2.24) is 9.71 Å². The van der Waals surface area contributed by atoms with Gasteiger partial charge < -0.3 is 5.73 Å². The lowest BCUT2D eigenvalue weighted by Crippen LogP contribution is -2.25. The minimum atomic E-state index is -3.65. The molecule has 0 aliphatic heterocycles. The van der Waals surface area contributed by atoms with Gasteiger partial charge >= 0.3 is 0 Å². The molecule has 0 spiro atoms. The van der Waals surface area contributed by atoms with E-state index in [1.165, 1.54) is 18.5 Å². The van der Waals surface area contributed by atoms with Crippen molar-refractivity contribution in [3.8, 4) is 0 Å². The summed E-state index contributed by atoms with van der Waals surface area (Å²) in [5.41, 5.74) is 4.97. The van der Waals surface area contributed by atoms with Crippen LogP contribution in [0.5, 0.6) is 0 Å². The van der Waals surface area contributed by atoms with Gasteiger partial charge in [0.15, 0.2) is 0 Å². The number of carbonyl (C=O) groups is 1. The van der Waals surface area contributed by atoms with E-state index in [1.54, 1.807) is 0 Å². The SMILES string of the molecule is NC(=O)CCCCNS(=O)(=O)c1cnccc1Cl. The van der Waals surface area contributed by atoms with Crippen LogP contribution in [0.4, 0.5) is 0 Å². The number of primary amides is 1. The number of halogens is 1. The van der Waals surface area contributed by atoms with E-state index in [9.17, 15) is 13.2 Å². The highest BCUT2D eigenvalue weighted by molar-refractivity contribution is 7.89. The molecular formula is C10H14ClN3O3S. The lowest BCUT2D eigenvalue weighted by molar-refractivity contribution is -0.118. The number of pyridine rings is 1. The van der Waals surface area contributed by atoms with Crippen molar-refractivity contribution in [2.24, 2.45) is 5.73 Å². The molecule has 3 N–H and O–H groups in total. The quantitative estimate of drug-likeness (QED) is 0.721. The molecule has 1 amide bonds. The maximum Gasteiger partial charge on any atom is 0.243 e. The van der Waals surface area contributed by atoms with Crippen LogP contribution in [0.3, 0.4) is 0 Å². The summed E-state index contributed by atoms with van der Waals surface area (Å²) in [6, 6.07) is 1.41. The molecule has 0 aliphatic carbocycles. The van der Waals surface area contributed by atoms with Gasteiger partial charge in [-0.25, -0.2) is 13.1 Å². The molecule has 0 unspecified atom stereocenters. The van der Waals surface area contributed by atoms with E-state index in [-0.39, 0.29) is 22.9 Å². The molecule has 0 fully saturated rings. The second-order valence-electron chi connectivity index (χ2n) is 3.63. The number of nitrogens with zero attached hydrogens (tertiary/aromatic N) is 1. The Labute approximate surface area is 111 Å². The summed E-state index contributed by atoms with van der Waals surface area (Å²) in [4.78, 5) is 14.1. The maximum absolute atomic E-state index is 11.8. The molecule has 1 aromatic heterocycles. The third kappa shape index (κ3) is 4.59. The van der Waals surface area contributed by atoms with Crippen LogP contribution in [0.1, 0.15) is 19.3 Å². The fraction of sp³-hybridized carbons (Fsp3) is 0.400. The number of hydrogen-bond donors (Lipinski definition) is 2. The molecule has 0 saturated carbocycles. The molecular weight excluding hydrogens is 278 g/mol. The molecule has 18 heavy (non-hydrogen) atoms. The van der Waals surface area contributed by atoms with Crippen LogP contribution in [-0.2, 0) is 14.8 Å². The predicted octanol–water partition coefficient (Wildman–Crippen LogP) is 0.669. The molecule has 6 nitrogen and oxygen atoms in total. The lowest BCUT2D eigenvalue weighted by atomic mass is 10.2. The van der Waals surface area contributed by atoms with Gasteiger partial charge in [0.1, 0.15) is 4.90 Å². The zero-order chi connectivity index (χ0) is 13.6. The summed E-state index contributed by atoms with van der Waals surface area (Å²) in [5.74, 6) is -0.395. The third-order valence-corrected chi connectivity index (χ3v) is 4.10. The summed E-state index contributed by atoms with van der Waals surface area (Å²) < 4.78 is 26.0. The smallest absolute Gasteiger partial charge is 0.243 e. The summed E-state index contributed by atoms with van der Waals surface area (Å²) in [6.45, 7) is 0.223. The molecule has 0 saturated heterocycles. The lowest BCUT2D eigenvalue weighted by Gasteiger charge is -2.07. The molecule has 1 aromatic rings. The Morgan fingerprint density at radius 2 is 2.17 bits per heavy atom. The number of sulfonamides is 1. The van der Waals surface area contributed by atoms with Crippen molar-refractivity contribution in [1.29, 1.82) is 0 Å². The first kappa shape index (κ1) is 14.9. The molecule has 0 aromatic carbocycles. The maximum atomic E-state index is 11.8. The standard InChI is InChI=1S/C10H14ClN3O3S/c11-8-4-6-13-7-9(8)18(16,17)14-5-2-1-3-10(12)15/h4,6-7,14H,1-3,5H2,(H2,12,15). The number of carbonyl (C=O) groups excluding carboxylic acids is 1. The summed E-state index contributed by atoms with van der Waals surface area (Å²) in [7, 11) is -3.65. The van der Waals surface area contributed by atoms with Crippen LogP contribution in [0.25, 0.3) is 0 Å². The van der Waals surface area contributed by atoms with Crippen molar-refractivity contribution in [3.05, 3.63) is 23.5 Å². The van der Waals surface area contributed by atoms with Gasteiger partial charge in [0.05, 0.1) is 5.02 Å². The number of unbranched alkanes of at least 4 members (excludes halogenated alkanes) is 1. The van der Waals surface area contributed by atoms with Crippen molar-refractivity contribution >= 4 is 27.5 Å². The van der Waals surface area contributed by atoms with Crippen molar-refractivity contribution in [2.45, 2.75) is 24.2 Å².